The molecule has 0 aromatic heterocycles. The summed E-state index contributed by atoms with van der Waals surface area (Å²) in [5, 5.41) is 9.47. The predicted octanol–water partition coefficient (Wildman–Crippen LogP) is 4.05. The fraction of sp³-hybridized carbons (Fsp3) is 0.444. The van der Waals surface area contributed by atoms with Crippen LogP contribution in [0.4, 0.5) is 5.69 Å². The number of hydrogen-bond acceptors (Lipinski definition) is 6. The molecule has 1 aliphatic carbocycles. The van der Waals surface area contributed by atoms with E-state index in [2.05, 4.69) is 16.5 Å². The summed E-state index contributed by atoms with van der Waals surface area (Å²) in [6, 6.07) is 13.5. The Kier molecular flexibility index (Phi) is 8.31. The van der Waals surface area contributed by atoms with Crippen molar-refractivity contribution in [2.45, 2.75) is 39.0 Å². The molecule has 2 aromatic rings. The first-order valence-electron chi connectivity index (χ1n) is 12.2. The molecule has 7 nitrogen and oxygen atoms in total. The van der Waals surface area contributed by atoms with Crippen molar-refractivity contribution in [2.24, 2.45) is 11.0 Å². The van der Waals surface area contributed by atoms with Gasteiger partial charge < -0.3 is 14.8 Å². The SMILES string of the molecule is CCCOC(=O)CC1CCc2ccc(NC(=O)c3ccc(C=NN4CCOCC4)cc3)cc2C1. The molecule has 0 saturated carbocycles. The molecular formula is C27H33N3O4. The lowest BCUT2D eigenvalue weighted by atomic mass is 9.82. The van der Waals surface area contributed by atoms with Crippen molar-refractivity contribution in [1.82, 2.24) is 5.01 Å². The van der Waals surface area contributed by atoms with Crippen molar-refractivity contribution in [3.63, 3.8) is 0 Å². The van der Waals surface area contributed by atoms with Gasteiger partial charge in [-0.1, -0.05) is 25.1 Å². The van der Waals surface area contributed by atoms with Gasteiger partial charge in [-0.2, -0.15) is 5.10 Å². The predicted molar refractivity (Wildman–Crippen MR) is 132 cm³/mol. The van der Waals surface area contributed by atoms with E-state index in [1.807, 2.05) is 54.5 Å². The molecule has 1 amide bonds. The van der Waals surface area contributed by atoms with Gasteiger partial charge in [0.2, 0.25) is 0 Å². The molecule has 180 valence electrons. The van der Waals surface area contributed by atoms with Crippen LogP contribution in [0.3, 0.4) is 0 Å². The van der Waals surface area contributed by atoms with E-state index in [9.17, 15) is 9.59 Å². The highest BCUT2D eigenvalue weighted by Gasteiger charge is 2.22. The average Bonchev–Trinajstić information content (AvgIpc) is 2.87. The van der Waals surface area contributed by atoms with Crippen molar-refractivity contribution >= 4 is 23.8 Å². The number of morpholine rings is 1. The van der Waals surface area contributed by atoms with Crippen LogP contribution in [0.1, 0.15) is 53.2 Å². The molecule has 1 heterocycles. The van der Waals surface area contributed by atoms with Crippen LogP contribution in [0.2, 0.25) is 0 Å². The molecule has 1 unspecified atom stereocenters. The summed E-state index contributed by atoms with van der Waals surface area (Å²) in [6.07, 6.45) is 5.87. The number of aryl methyl sites for hydroxylation is 1. The number of ether oxygens (including phenoxy) is 2. The zero-order valence-electron chi connectivity index (χ0n) is 19.8. The Morgan fingerprint density at radius 1 is 1.15 bits per heavy atom. The number of amides is 1. The van der Waals surface area contributed by atoms with Crippen molar-refractivity contribution in [3.05, 3.63) is 64.7 Å². The number of hydrazone groups is 1. The number of nitrogens with zero attached hydrogens (tertiary/aromatic N) is 2. The number of nitrogens with one attached hydrogen (secondary N) is 1. The van der Waals surface area contributed by atoms with E-state index >= 15 is 0 Å². The fourth-order valence-electron chi connectivity index (χ4n) is 4.34. The minimum absolute atomic E-state index is 0.113. The summed E-state index contributed by atoms with van der Waals surface area (Å²) >= 11 is 0. The zero-order chi connectivity index (χ0) is 23.8. The van der Waals surface area contributed by atoms with Crippen molar-refractivity contribution < 1.29 is 19.1 Å². The number of rotatable bonds is 8. The van der Waals surface area contributed by atoms with Crippen LogP contribution in [-0.4, -0.2) is 56.0 Å². The maximum Gasteiger partial charge on any atom is 0.306 e. The number of anilines is 1. The molecule has 1 saturated heterocycles. The van der Waals surface area contributed by atoms with E-state index in [0.29, 0.717) is 31.8 Å². The smallest absolute Gasteiger partial charge is 0.306 e. The second kappa shape index (κ2) is 11.8. The van der Waals surface area contributed by atoms with Gasteiger partial charge in [-0.15, -0.1) is 0 Å². The van der Waals surface area contributed by atoms with E-state index in [0.717, 1.165) is 50.0 Å². The topological polar surface area (TPSA) is 80.2 Å². The van der Waals surface area contributed by atoms with Crippen LogP contribution in [0.15, 0.2) is 47.6 Å². The molecule has 1 atom stereocenters. The monoisotopic (exact) mass is 463 g/mol. The molecular weight excluding hydrogens is 430 g/mol. The quantitative estimate of drug-likeness (QED) is 0.472. The third-order valence-corrected chi connectivity index (χ3v) is 6.25. The Morgan fingerprint density at radius 2 is 1.94 bits per heavy atom. The Morgan fingerprint density at radius 3 is 2.71 bits per heavy atom. The highest BCUT2D eigenvalue weighted by Crippen LogP contribution is 2.30. The summed E-state index contributed by atoms with van der Waals surface area (Å²) in [6.45, 7) is 5.47. The van der Waals surface area contributed by atoms with Crippen molar-refractivity contribution in [3.8, 4) is 0 Å². The standard InChI is InChI=1S/C27H33N3O4/c1-2-13-34-26(31)17-21-5-6-22-9-10-25(18-24(22)16-21)29-27(32)23-7-3-20(4-8-23)19-28-30-11-14-33-15-12-30/h3-4,7-10,18-19,21H,2,5-6,11-17H2,1H3,(H,29,32). The van der Waals surface area contributed by atoms with Gasteiger partial charge in [-0.05, 0) is 72.6 Å². The summed E-state index contributed by atoms with van der Waals surface area (Å²) in [7, 11) is 0. The van der Waals surface area contributed by atoms with Gasteiger partial charge in [-0.3, -0.25) is 14.6 Å². The summed E-state index contributed by atoms with van der Waals surface area (Å²) in [5.41, 5.74) is 4.81. The van der Waals surface area contributed by atoms with Crippen LogP contribution >= 0.6 is 0 Å². The number of esters is 1. The Bertz CT molecular complexity index is 1010. The van der Waals surface area contributed by atoms with Gasteiger partial charge in [0.25, 0.3) is 5.91 Å². The molecule has 0 spiro atoms. The Hall–Kier alpha value is -3.19. The molecule has 1 fully saturated rings. The molecule has 1 N–H and O–H groups in total. The van der Waals surface area contributed by atoms with E-state index in [1.165, 1.54) is 11.1 Å². The van der Waals surface area contributed by atoms with Crippen molar-refractivity contribution in [2.75, 3.05) is 38.2 Å². The van der Waals surface area contributed by atoms with Crippen LogP contribution in [0.5, 0.6) is 0 Å². The van der Waals surface area contributed by atoms with Crippen LogP contribution in [0, 0.1) is 5.92 Å². The molecule has 2 aromatic carbocycles. The van der Waals surface area contributed by atoms with Gasteiger partial charge >= 0.3 is 5.97 Å². The molecule has 1 aliphatic heterocycles. The first-order chi connectivity index (χ1) is 16.6. The van der Waals surface area contributed by atoms with Crippen LogP contribution in [-0.2, 0) is 27.1 Å². The van der Waals surface area contributed by atoms with Gasteiger partial charge in [0, 0.05) is 17.7 Å². The first kappa shape index (κ1) is 24.0. The number of benzene rings is 2. The molecule has 0 bridgehead atoms. The highest BCUT2D eigenvalue weighted by molar-refractivity contribution is 6.04. The maximum absolute atomic E-state index is 12.8. The van der Waals surface area contributed by atoms with Gasteiger partial charge in [0.15, 0.2) is 0 Å². The largest absolute Gasteiger partial charge is 0.466 e. The lowest BCUT2D eigenvalue weighted by Crippen LogP contribution is -2.32. The molecule has 4 rings (SSSR count). The lowest BCUT2D eigenvalue weighted by Gasteiger charge is -2.24. The minimum Gasteiger partial charge on any atom is -0.466 e. The molecule has 34 heavy (non-hydrogen) atoms. The fourth-order valence-corrected chi connectivity index (χ4v) is 4.34. The number of hydrogen-bond donors (Lipinski definition) is 1. The normalized spacial score (nSPS) is 17.9. The number of fused-ring (bicyclic) bond motifs is 1. The number of carbonyl (C=O) groups is 2. The van der Waals surface area contributed by atoms with E-state index in [1.54, 1.807) is 0 Å². The summed E-state index contributed by atoms with van der Waals surface area (Å²) < 4.78 is 10.6. The first-order valence-corrected chi connectivity index (χ1v) is 12.2. The average molecular weight is 464 g/mol. The third-order valence-electron chi connectivity index (χ3n) is 6.25. The zero-order valence-corrected chi connectivity index (χ0v) is 19.8. The second-order valence-electron chi connectivity index (χ2n) is 8.90. The highest BCUT2D eigenvalue weighted by atomic mass is 16.5. The molecule has 2 aliphatic rings. The maximum atomic E-state index is 12.8. The van der Waals surface area contributed by atoms with E-state index in [-0.39, 0.29) is 17.8 Å². The third kappa shape index (κ3) is 6.67. The summed E-state index contributed by atoms with van der Waals surface area (Å²) in [5.74, 6) is 0.0276. The summed E-state index contributed by atoms with van der Waals surface area (Å²) in [4.78, 5) is 24.8. The number of carbonyl (C=O) groups excluding carboxylic acids is 2. The molecule has 0 radical (unpaired) electrons. The Labute approximate surface area is 201 Å². The van der Waals surface area contributed by atoms with E-state index < -0.39 is 0 Å². The lowest BCUT2D eigenvalue weighted by molar-refractivity contribution is -0.144. The van der Waals surface area contributed by atoms with E-state index in [4.69, 9.17) is 9.47 Å². The Balaban J connectivity index is 1.33. The van der Waals surface area contributed by atoms with Gasteiger partial charge in [0.1, 0.15) is 0 Å². The van der Waals surface area contributed by atoms with Crippen LogP contribution in [0.25, 0.3) is 0 Å². The van der Waals surface area contributed by atoms with Crippen molar-refractivity contribution in [1.29, 1.82) is 0 Å². The second-order valence-corrected chi connectivity index (χ2v) is 8.90. The van der Waals surface area contributed by atoms with Gasteiger partial charge in [-0.25, -0.2) is 0 Å². The molecule has 7 heteroatoms. The van der Waals surface area contributed by atoms with Gasteiger partial charge in [0.05, 0.1) is 39.1 Å². The minimum atomic E-state index is -0.146. The van der Waals surface area contributed by atoms with Crippen LogP contribution < -0.4 is 5.32 Å².